The fraction of sp³-hybridized carbons (Fsp3) is 0.158. The number of halogens is 3. The number of fused-ring (bicyclic) bond motifs is 2. The lowest BCUT2D eigenvalue weighted by molar-refractivity contribution is -0.0435. The van der Waals surface area contributed by atoms with Crippen LogP contribution in [-0.2, 0) is 19.7 Å². The number of para-hydroxylation sites is 1. The second-order valence-corrected chi connectivity index (χ2v) is 10.7. The zero-order valence-corrected chi connectivity index (χ0v) is 17.3. The number of oxazole rings is 1. The van der Waals surface area contributed by atoms with Crippen LogP contribution in [0.2, 0.25) is 0 Å². The van der Waals surface area contributed by atoms with Gasteiger partial charge in [-0.15, -0.1) is 0 Å². The summed E-state index contributed by atoms with van der Waals surface area (Å²) >= 11 is 0. The van der Waals surface area contributed by atoms with Crippen molar-refractivity contribution in [3.05, 3.63) is 48.5 Å². The third-order valence-electron chi connectivity index (χ3n) is 4.58. The van der Waals surface area contributed by atoms with Crippen molar-refractivity contribution in [2.24, 2.45) is 0 Å². The van der Waals surface area contributed by atoms with Gasteiger partial charge in [0.25, 0.3) is 9.84 Å². The Kier molecular flexibility index (Phi) is 4.81. The molecule has 0 aliphatic rings. The Labute approximate surface area is 174 Å². The first-order valence-electron chi connectivity index (χ1n) is 8.79. The summed E-state index contributed by atoms with van der Waals surface area (Å²) in [4.78, 5) is 7.21. The van der Waals surface area contributed by atoms with Gasteiger partial charge in [-0.05, 0) is 30.3 Å². The van der Waals surface area contributed by atoms with Crippen LogP contribution in [0.4, 0.5) is 13.2 Å². The van der Waals surface area contributed by atoms with E-state index in [-0.39, 0.29) is 33.3 Å². The molecule has 0 atom stereocenters. The van der Waals surface area contributed by atoms with Gasteiger partial charge in [-0.2, -0.15) is 13.2 Å². The SMILES string of the molecule is CCS(=O)(=O)c1cc2ccccc2nc1-c1nc2cc(S(=O)(=O)C(F)(F)F)ccc2o1. The van der Waals surface area contributed by atoms with Crippen LogP contribution in [0.15, 0.2) is 62.7 Å². The van der Waals surface area contributed by atoms with Gasteiger partial charge in [-0.1, -0.05) is 25.1 Å². The van der Waals surface area contributed by atoms with Crippen LogP contribution in [0.25, 0.3) is 33.6 Å². The van der Waals surface area contributed by atoms with Gasteiger partial charge in [0.1, 0.15) is 11.2 Å². The number of nitrogens with zero attached hydrogens (tertiary/aromatic N) is 2. The lowest BCUT2D eigenvalue weighted by atomic mass is 10.2. The van der Waals surface area contributed by atoms with Crippen molar-refractivity contribution in [1.82, 2.24) is 9.97 Å². The van der Waals surface area contributed by atoms with Gasteiger partial charge in [0.2, 0.25) is 5.89 Å². The molecule has 0 aliphatic heterocycles. The molecular weight excluding hydrogens is 457 g/mol. The number of sulfone groups is 2. The maximum Gasteiger partial charge on any atom is 0.501 e. The maximum absolute atomic E-state index is 12.9. The monoisotopic (exact) mass is 470 g/mol. The molecule has 0 amide bonds. The molecule has 0 saturated heterocycles. The van der Waals surface area contributed by atoms with Crippen molar-refractivity contribution >= 4 is 41.7 Å². The molecule has 0 spiro atoms. The van der Waals surface area contributed by atoms with Crippen molar-refractivity contribution in [2.75, 3.05) is 5.75 Å². The molecule has 4 aromatic rings. The summed E-state index contributed by atoms with van der Waals surface area (Å²) in [5.74, 6) is -0.483. The van der Waals surface area contributed by atoms with E-state index in [4.69, 9.17) is 4.42 Å². The molecule has 0 unspecified atom stereocenters. The fourth-order valence-corrected chi connectivity index (χ4v) is 4.78. The summed E-state index contributed by atoms with van der Waals surface area (Å²) in [6.45, 7) is 1.45. The summed E-state index contributed by atoms with van der Waals surface area (Å²) < 4.78 is 92.7. The minimum Gasteiger partial charge on any atom is -0.435 e. The summed E-state index contributed by atoms with van der Waals surface area (Å²) in [5, 5.41) is 0.563. The Morgan fingerprint density at radius 3 is 2.32 bits per heavy atom. The number of alkyl halides is 3. The van der Waals surface area contributed by atoms with Crippen molar-refractivity contribution < 1.29 is 34.4 Å². The molecule has 0 saturated carbocycles. The molecule has 7 nitrogen and oxygen atoms in total. The molecule has 31 heavy (non-hydrogen) atoms. The van der Waals surface area contributed by atoms with Crippen LogP contribution < -0.4 is 0 Å². The molecule has 0 fully saturated rings. The Balaban J connectivity index is 1.96. The highest BCUT2D eigenvalue weighted by molar-refractivity contribution is 7.92. The number of aromatic nitrogens is 2. The van der Waals surface area contributed by atoms with E-state index < -0.39 is 30.1 Å². The first-order chi connectivity index (χ1) is 14.4. The normalized spacial score (nSPS) is 13.2. The minimum atomic E-state index is -5.58. The molecule has 162 valence electrons. The Morgan fingerprint density at radius 1 is 0.935 bits per heavy atom. The average Bonchev–Trinajstić information content (AvgIpc) is 3.15. The van der Waals surface area contributed by atoms with Crippen molar-refractivity contribution in [2.45, 2.75) is 22.2 Å². The predicted octanol–water partition coefficient (Wildman–Crippen LogP) is 4.13. The predicted molar refractivity (Wildman–Crippen MR) is 106 cm³/mol. The van der Waals surface area contributed by atoms with Gasteiger partial charge >= 0.3 is 5.51 Å². The maximum atomic E-state index is 12.9. The Hall–Kier alpha value is -2.99. The van der Waals surface area contributed by atoms with E-state index in [0.717, 1.165) is 18.2 Å². The van der Waals surface area contributed by atoms with E-state index in [1.807, 2.05) is 0 Å². The lowest BCUT2D eigenvalue weighted by Crippen LogP contribution is -2.23. The molecule has 0 N–H and O–H groups in total. The van der Waals surface area contributed by atoms with Gasteiger partial charge in [0.15, 0.2) is 15.4 Å². The molecular formula is C19H13F3N2O5S2. The van der Waals surface area contributed by atoms with Crippen LogP contribution >= 0.6 is 0 Å². The standard InChI is InChI=1S/C19H13F3N2O5S2/c1-2-30(25,26)16-9-11-5-3-4-6-13(11)23-17(16)18-24-14-10-12(7-8-15(14)29-18)31(27,28)19(20,21)22/h3-10H,2H2,1H3. The minimum absolute atomic E-state index is 0.0223. The largest absolute Gasteiger partial charge is 0.501 e. The summed E-state index contributed by atoms with van der Waals surface area (Å²) in [5.41, 5.74) is -5.34. The van der Waals surface area contributed by atoms with Gasteiger partial charge < -0.3 is 4.42 Å². The van der Waals surface area contributed by atoms with Crippen molar-refractivity contribution in [1.29, 1.82) is 0 Å². The molecule has 2 aromatic carbocycles. The number of hydrogen-bond acceptors (Lipinski definition) is 7. The van der Waals surface area contributed by atoms with Crippen molar-refractivity contribution in [3.8, 4) is 11.6 Å². The zero-order valence-electron chi connectivity index (χ0n) is 15.7. The number of pyridine rings is 1. The first-order valence-corrected chi connectivity index (χ1v) is 11.9. The van der Waals surface area contributed by atoms with Gasteiger partial charge in [-0.25, -0.2) is 26.8 Å². The topological polar surface area (TPSA) is 107 Å². The van der Waals surface area contributed by atoms with E-state index >= 15 is 0 Å². The zero-order chi connectivity index (χ0) is 22.6. The van der Waals surface area contributed by atoms with E-state index in [2.05, 4.69) is 9.97 Å². The Bertz CT molecular complexity index is 1540. The highest BCUT2D eigenvalue weighted by Crippen LogP contribution is 2.34. The van der Waals surface area contributed by atoms with Gasteiger partial charge in [-0.3, -0.25) is 0 Å². The quantitative estimate of drug-likeness (QED) is 0.441. The number of hydrogen-bond donors (Lipinski definition) is 0. The van der Waals surface area contributed by atoms with Crippen LogP contribution in [0.3, 0.4) is 0 Å². The smallest absolute Gasteiger partial charge is 0.435 e. The third-order valence-corrected chi connectivity index (χ3v) is 7.81. The van der Waals surface area contributed by atoms with E-state index in [1.165, 1.54) is 13.0 Å². The van der Waals surface area contributed by atoms with E-state index in [9.17, 15) is 30.0 Å². The molecule has 2 aromatic heterocycles. The summed E-state index contributed by atoms with van der Waals surface area (Å²) in [6.07, 6.45) is 0. The second-order valence-electron chi connectivity index (χ2n) is 6.53. The molecule has 0 radical (unpaired) electrons. The van der Waals surface area contributed by atoms with Crippen LogP contribution in [0.5, 0.6) is 0 Å². The highest BCUT2D eigenvalue weighted by Gasteiger charge is 2.47. The van der Waals surface area contributed by atoms with Crippen LogP contribution in [0.1, 0.15) is 6.92 Å². The van der Waals surface area contributed by atoms with Gasteiger partial charge in [0, 0.05) is 5.39 Å². The molecule has 2 heterocycles. The average molecular weight is 470 g/mol. The second kappa shape index (κ2) is 7.02. The lowest BCUT2D eigenvalue weighted by Gasteiger charge is -2.08. The summed E-state index contributed by atoms with van der Waals surface area (Å²) in [7, 11) is -9.34. The van der Waals surface area contributed by atoms with Crippen molar-refractivity contribution in [3.63, 3.8) is 0 Å². The molecule has 4 rings (SSSR count). The number of benzene rings is 2. The van der Waals surface area contributed by atoms with Crippen LogP contribution in [-0.4, -0.2) is 38.1 Å². The van der Waals surface area contributed by atoms with Gasteiger partial charge in [0.05, 0.1) is 21.1 Å². The number of rotatable bonds is 4. The first kappa shape index (κ1) is 21.2. The molecule has 12 heteroatoms. The molecule has 0 aliphatic carbocycles. The summed E-state index contributed by atoms with van der Waals surface area (Å²) in [6, 6.07) is 10.7. The third kappa shape index (κ3) is 3.55. The van der Waals surface area contributed by atoms with E-state index in [0.29, 0.717) is 10.9 Å². The Morgan fingerprint density at radius 2 is 1.65 bits per heavy atom. The van der Waals surface area contributed by atoms with E-state index in [1.54, 1.807) is 24.3 Å². The fourth-order valence-electron chi connectivity index (χ4n) is 2.95. The highest BCUT2D eigenvalue weighted by atomic mass is 32.2. The molecule has 0 bridgehead atoms. The van der Waals surface area contributed by atoms with Crippen LogP contribution in [0, 0.1) is 0 Å².